The molecule has 4 nitrogen and oxygen atoms in total. The number of hydrogen-bond acceptors (Lipinski definition) is 3. The number of carbonyl (C=O) groups is 1. The van der Waals surface area contributed by atoms with E-state index in [1.807, 2.05) is 31.2 Å². The molecule has 0 aliphatic carbocycles. The van der Waals surface area contributed by atoms with Gasteiger partial charge in [-0.05, 0) is 30.7 Å². The van der Waals surface area contributed by atoms with Gasteiger partial charge < -0.3 is 11.1 Å². The third-order valence-corrected chi connectivity index (χ3v) is 2.65. The molecule has 3 N–H and O–H groups in total. The van der Waals surface area contributed by atoms with Gasteiger partial charge in [-0.15, -0.1) is 0 Å². The van der Waals surface area contributed by atoms with Crippen LogP contribution in [0, 0.1) is 6.92 Å². The monoisotopic (exact) mass is 241 g/mol. The number of anilines is 1. The number of pyridine rings is 1. The Morgan fingerprint density at radius 2 is 2.11 bits per heavy atom. The predicted octanol–water partition coefficient (Wildman–Crippen LogP) is 1.90. The van der Waals surface area contributed by atoms with Crippen molar-refractivity contribution in [3.8, 4) is 0 Å². The zero-order valence-electron chi connectivity index (χ0n) is 10.2. The van der Waals surface area contributed by atoms with E-state index in [-0.39, 0.29) is 5.91 Å². The first-order valence-corrected chi connectivity index (χ1v) is 5.71. The van der Waals surface area contributed by atoms with Gasteiger partial charge in [-0.1, -0.05) is 18.2 Å². The number of nitrogens with zero attached hydrogens (tertiary/aromatic N) is 1. The number of nitrogens with one attached hydrogen (secondary N) is 1. The van der Waals surface area contributed by atoms with Gasteiger partial charge >= 0.3 is 0 Å². The van der Waals surface area contributed by atoms with Gasteiger partial charge in [-0.3, -0.25) is 9.78 Å². The summed E-state index contributed by atoms with van der Waals surface area (Å²) in [5, 5.41) is 2.84. The molecule has 0 bridgehead atoms. The molecule has 1 aromatic heterocycles. The molecule has 1 amide bonds. The molecular formula is C14H15N3O. The first kappa shape index (κ1) is 12.1. The Balaban J connectivity index is 2.03. The largest absolute Gasteiger partial charge is 0.398 e. The molecule has 0 aliphatic heterocycles. The van der Waals surface area contributed by atoms with Crippen LogP contribution in [0.15, 0.2) is 42.6 Å². The van der Waals surface area contributed by atoms with Crippen LogP contribution in [0.3, 0.4) is 0 Å². The van der Waals surface area contributed by atoms with Gasteiger partial charge in [0.15, 0.2) is 0 Å². The second-order valence-electron chi connectivity index (χ2n) is 4.07. The molecule has 2 rings (SSSR count). The summed E-state index contributed by atoms with van der Waals surface area (Å²) < 4.78 is 0. The average molecular weight is 241 g/mol. The standard InChI is InChI=1S/C14H15N3O/c1-10-8-11(6-7-16-10)14(18)17-9-12-4-2-3-5-13(12)15/h2-8H,9,15H2,1H3,(H,17,18). The van der Waals surface area contributed by atoms with Gasteiger partial charge in [0.1, 0.15) is 0 Å². The minimum Gasteiger partial charge on any atom is -0.398 e. The third-order valence-electron chi connectivity index (χ3n) is 2.65. The fourth-order valence-corrected chi connectivity index (χ4v) is 1.66. The van der Waals surface area contributed by atoms with Crippen LogP contribution in [0.2, 0.25) is 0 Å². The predicted molar refractivity (Wildman–Crippen MR) is 71.0 cm³/mol. The molecule has 0 aliphatic rings. The molecular weight excluding hydrogens is 226 g/mol. The Bertz CT molecular complexity index is 566. The van der Waals surface area contributed by atoms with Gasteiger partial charge in [-0.2, -0.15) is 0 Å². The van der Waals surface area contributed by atoms with Crippen LogP contribution in [0.1, 0.15) is 21.6 Å². The molecule has 0 saturated heterocycles. The maximum absolute atomic E-state index is 11.9. The summed E-state index contributed by atoms with van der Waals surface area (Å²) in [6.45, 7) is 2.28. The second kappa shape index (κ2) is 5.31. The lowest BCUT2D eigenvalue weighted by Crippen LogP contribution is -2.23. The fourth-order valence-electron chi connectivity index (χ4n) is 1.66. The summed E-state index contributed by atoms with van der Waals surface area (Å²) in [5.41, 5.74) is 8.84. The zero-order chi connectivity index (χ0) is 13.0. The van der Waals surface area contributed by atoms with Crippen molar-refractivity contribution in [1.82, 2.24) is 10.3 Å². The Kier molecular flexibility index (Phi) is 3.57. The van der Waals surface area contributed by atoms with Crippen LogP contribution < -0.4 is 11.1 Å². The number of carbonyl (C=O) groups excluding carboxylic acids is 1. The maximum atomic E-state index is 11.9. The summed E-state index contributed by atoms with van der Waals surface area (Å²) in [6, 6.07) is 10.9. The topological polar surface area (TPSA) is 68.0 Å². The molecule has 0 saturated carbocycles. The maximum Gasteiger partial charge on any atom is 0.251 e. The number of benzene rings is 1. The van der Waals surface area contributed by atoms with Crippen LogP contribution in [-0.4, -0.2) is 10.9 Å². The quantitative estimate of drug-likeness (QED) is 0.806. The normalized spacial score (nSPS) is 10.1. The van der Waals surface area contributed by atoms with Crippen molar-refractivity contribution >= 4 is 11.6 Å². The molecule has 0 atom stereocenters. The van der Waals surface area contributed by atoms with E-state index in [4.69, 9.17) is 5.73 Å². The highest BCUT2D eigenvalue weighted by Gasteiger charge is 2.06. The fraction of sp³-hybridized carbons (Fsp3) is 0.143. The van der Waals surface area contributed by atoms with E-state index in [9.17, 15) is 4.79 Å². The average Bonchev–Trinajstić information content (AvgIpc) is 2.37. The summed E-state index contributed by atoms with van der Waals surface area (Å²) in [5.74, 6) is -0.122. The summed E-state index contributed by atoms with van der Waals surface area (Å²) in [6.07, 6.45) is 1.63. The highest BCUT2D eigenvalue weighted by Crippen LogP contribution is 2.10. The minimum absolute atomic E-state index is 0.122. The zero-order valence-corrected chi connectivity index (χ0v) is 10.2. The first-order chi connectivity index (χ1) is 8.66. The highest BCUT2D eigenvalue weighted by atomic mass is 16.1. The van der Waals surface area contributed by atoms with Crippen molar-refractivity contribution in [2.45, 2.75) is 13.5 Å². The van der Waals surface area contributed by atoms with Crippen molar-refractivity contribution in [2.75, 3.05) is 5.73 Å². The van der Waals surface area contributed by atoms with Crippen LogP contribution >= 0.6 is 0 Å². The van der Waals surface area contributed by atoms with E-state index in [1.165, 1.54) is 0 Å². The van der Waals surface area contributed by atoms with Gasteiger partial charge in [0.05, 0.1) is 0 Å². The number of hydrogen-bond donors (Lipinski definition) is 2. The lowest BCUT2D eigenvalue weighted by atomic mass is 10.1. The number of aryl methyl sites for hydroxylation is 1. The second-order valence-corrected chi connectivity index (χ2v) is 4.07. The molecule has 18 heavy (non-hydrogen) atoms. The Labute approximate surface area is 106 Å². The number of amides is 1. The number of para-hydroxylation sites is 1. The van der Waals surface area contributed by atoms with Gasteiger partial charge in [0, 0.05) is 29.7 Å². The van der Waals surface area contributed by atoms with Crippen molar-refractivity contribution < 1.29 is 4.79 Å². The van der Waals surface area contributed by atoms with Crippen LogP contribution in [0.4, 0.5) is 5.69 Å². The summed E-state index contributed by atoms with van der Waals surface area (Å²) in [4.78, 5) is 16.0. The number of nitrogens with two attached hydrogens (primary N) is 1. The van der Waals surface area contributed by atoms with Crippen molar-refractivity contribution in [2.24, 2.45) is 0 Å². The van der Waals surface area contributed by atoms with Crippen LogP contribution in [-0.2, 0) is 6.54 Å². The van der Waals surface area contributed by atoms with E-state index in [1.54, 1.807) is 18.3 Å². The van der Waals surface area contributed by atoms with Crippen molar-refractivity contribution in [3.63, 3.8) is 0 Å². The van der Waals surface area contributed by atoms with Gasteiger partial charge in [-0.25, -0.2) is 0 Å². The molecule has 1 aromatic carbocycles. The minimum atomic E-state index is -0.122. The molecule has 0 unspecified atom stereocenters. The van der Waals surface area contributed by atoms with Crippen LogP contribution in [0.25, 0.3) is 0 Å². The number of nitrogen functional groups attached to an aromatic ring is 1. The van der Waals surface area contributed by atoms with Gasteiger partial charge in [0.2, 0.25) is 0 Å². The first-order valence-electron chi connectivity index (χ1n) is 5.71. The molecule has 1 heterocycles. The van der Waals surface area contributed by atoms with Crippen molar-refractivity contribution in [1.29, 1.82) is 0 Å². The van der Waals surface area contributed by atoms with E-state index >= 15 is 0 Å². The molecule has 0 spiro atoms. The highest BCUT2D eigenvalue weighted by molar-refractivity contribution is 5.94. The number of aromatic nitrogens is 1. The van der Waals surface area contributed by atoms with Crippen LogP contribution in [0.5, 0.6) is 0 Å². The van der Waals surface area contributed by atoms with Gasteiger partial charge in [0.25, 0.3) is 5.91 Å². The van der Waals surface area contributed by atoms with Crippen molar-refractivity contribution in [3.05, 3.63) is 59.4 Å². The summed E-state index contributed by atoms with van der Waals surface area (Å²) in [7, 11) is 0. The Morgan fingerprint density at radius 3 is 2.83 bits per heavy atom. The molecule has 0 fully saturated rings. The lowest BCUT2D eigenvalue weighted by Gasteiger charge is -2.07. The molecule has 4 heteroatoms. The van der Waals surface area contributed by atoms with E-state index in [0.717, 1.165) is 11.3 Å². The Hall–Kier alpha value is -2.36. The summed E-state index contributed by atoms with van der Waals surface area (Å²) >= 11 is 0. The van der Waals surface area contributed by atoms with E-state index in [0.29, 0.717) is 17.8 Å². The SMILES string of the molecule is Cc1cc(C(=O)NCc2ccccc2N)ccn1. The Morgan fingerprint density at radius 1 is 1.33 bits per heavy atom. The third kappa shape index (κ3) is 2.85. The number of rotatable bonds is 3. The lowest BCUT2D eigenvalue weighted by molar-refractivity contribution is 0.0951. The smallest absolute Gasteiger partial charge is 0.251 e. The van der Waals surface area contributed by atoms with E-state index < -0.39 is 0 Å². The molecule has 92 valence electrons. The van der Waals surface area contributed by atoms with E-state index in [2.05, 4.69) is 10.3 Å². The molecule has 2 aromatic rings. The molecule has 0 radical (unpaired) electrons.